The van der Waals surface area contributed by atoms with Gasteiger partial charge in [0.25, 0.3) is 0 Å². The quantitative estimate of drug-likeness (QED) is 0.883. The number of hydrogen-bond donors (Lipinski definition) is 2. The Morgan fingerprint density at radius 1 is 1.29 bits per heavy atom. The van der Waals surface area contributed by atoms with E-state index in [-0.39, 0.29) is 24.5 Å². The van der Waals surface area contributed by atoms with Crippen LogP contribution in [0.15, 0.2) is 36.5 Å². The van der Waals surface area contributed by atoms with Gasteiger partial charge in [-0.2, -0.15) is 0 Å². The van der Waals surface area contributed by atoms with E-state index in [0.717, 1.165) is 16.8 Å². The average Bonchev–Trinajstić information content (AvgIpc) is 2.49. The Morgan fingerprint density at radius 2 is 2.05 bits per heavy atom. The number of carbonyl (C=O) groups excluding carboxylic acids is 1. The van der Waals surface area contributed by atoms with Crippen molar-refractivity contribution in [2.75, 3.05) is 0 Å². The van der Waals surface area contributed by atoms with Crippen molar-refractivity contribution in [1.82, 2.24) is 10.3 Å². The Bertz CT molecular complexity index is 627. The molecule has 1 heterocycles. The summed E-state index contributed by atoms with van der Waals surface area (Å²) in [5.74, 6) is -0.575. The molecule has 0 aliphatic heterocycles. The summed E-state index contributed by atoms with van der Waals surface area (Å²) >= 11 is 0. The van der Waals surface area contributed by atoms with Gasteiger partial charge in [0.2, 0.25) is 5.91 Å². The van der Waals surface area contributed by atoms with Gasteiger partial charge in [-0.25, -0.2) is 4.39 Å². The van der Waals surface area contributed by atoms with Gasteiger partial charge >= 0.3 is 0 Å². The Morgan fingerprint density at radius 3 is 2.71 bits per heavy atom. The lowest BCUT2D eigenvalue weighted by atomic mass is 10.1. The van der Waals surface area contributed by atoms with E-state index >= 15 is 0 Å². The third kappa shape index (κ3) is 4.36. The van der Waals surface area contributed by atoms with Crippen molar-refractivity contribution in [2.45, 2.75) is 26.5 Å². The third-order valence-corrected chi connectivity index (χ3v) is 3.11. The SMILES string of the molecule is Cc1ccc(CC(=O)NCc2ccc(F)c(CO)c2)cn1. The third-order valence-electron chi connectivity index (χ3n) is 3.11. The van der Waals surface area contributed by atoms with Gasteiger partial charge in [0.05, 0.1) is 13.0 Å². The normalized spacial score (nSPS) is 10.4. The second-order valence-electron chi connectivity index (χ2n) is 4.85. The molecule has 2 N–H and O–H groups in total. The summed E-state index contributed by atoms with van der Waals surface area (Å²) in [4.78, 5) is 16.0. The smallest absolute Gasteiger partial charge is 0.224 e. The zero-order valence-electron chi connectivity index (χ0n) is 11.8. The van der Waals surface area contributed by atoms with Gasteiger partial charge in [0.1, 0.15) is 5.82 Å². The Kier molecular flexibility index (Phi) is 5.00. The van der Waals surface area contributed by atoms with Crippen molar-refractivity contribution in [1.29, 1.82) is 0 Å². The van der Waals surface area contributed by atoms with Gasteiger partial charge in [-0.15, -0.1) is 0 Å². The van der Waals surface area contributed by atoms with Crippen LogP contribution in [0.25, 0.3) is 0 Å². The van der Waals surface area contributed by atoms with Crippen molar-refractivity contribution < 1.29 is 14.3 Å². The lowest BCUT2D eigenvalue weighted by Gasteiger charge is -2.07. The standard InChI is InChI=1S/C16H17FN2O2/c1-11-2-3-13(8-18-11)7-16(21)19-9-12-4-5-15(17)14(6-12)10-20/h2-6,8,20H,7,9-10H2,1H3,(H,19,21). The number of aliphatic hydroxyl groups is 1. The predicted molar refractivity (Wildman–Crippen MR) is 76.8 cm³/mol. The molecule has 0 bridgehead atoms. The van der Waals surface area contributed by atoms with E-state index in [1.165, 1.54) is 6.07 Å². The molecule has 0 radical (unpaired) electrons. The van der Waals surface area contributed by atoms with Crippen LogP contribution < -0.4 is 5.32 Å². The van der Waals surface area contributed by atoms with Crippen LogP contribution in [-0.4, -0.2) is 16.0 Å². The van der Waals surface area contributed by atoms with Crippen LogP contribution in [0.2, 0.25) is 0 Å². The second-order valence-corrected chi connectivity index (χ2v) is 4.85. The summed E-state index contributed by atoms with van der Waals surface area (Å²) < 4.78 is 13.2. The number of pyridine rings is 1. The minimum Gasteiger partial charge on any atom is -0.392 e. The van der Waals surface area contributed by atoms with E-state index in [1.807, 2.05) is 19.1 Å². The molecular weight excluding hydrogens is 271 g/mol. The number of benzene rings is 1. The van der Waals surface area contributed by atoms with Gasteiger partial charge < -0.3 is 10.4 Å². The van der Waals surface area contributed by atoms with Crippen molar-refractivity contribution in [3.8, 4) is 0 Å². The molecule has 0 saturated heterocycles. The molecule has 0 aliphatic carbocycles. The molecule has 2 rings (SSSR count). The first-order chi connectivity index (χ1) is 10.1. The number of rotatable bonds is 5. The fourth-order valence-corrected chi connectivity index (χ4v) is 1.91. The van der Waals surface area contributed by atoms with Crippen LogP contribution in [0.3, 0.4) is 0 Å². The number of hydrogen-bond acceptors (Lipinski definition) is 3. The number of carbonyl (C=O) groups is 1. The number of nitrogens with zero attached hydrogens (tertiary/aromatic N) is 1. The molecule has 4 nitrogen and oxygen atoms in total. The number of aliphatic hydroxyl groups excluding tert-OH is 1. The molecule has 2 aromatic rings. The van der Waals surface area contributed by atoms with Gasteiger partial charge in [0.15, 0.2) is 0 Å². The number of aromatic nitrogens is 1. The molecule has 0 spiro atoms. The minimum absolute atomic E-state index is 0.129. The number of amides is 1. The van der Waals surface area contributed by atoms with Gasteiger partial charge in [-0.1, -0.05) is 12.1 Å². The molecule has 0 unspecified atom stereocenters. The van der Waals surface area contributed by atoms with Crippen LogP contribution in [0.1, 0.15) is 22.4 Å². The first-order valence-electron chi connectivity index (χ1n) is 6.65. The highest BCUT2D eigenvalue weighted by Crippen LogP contribution is 2.10. The van der Waals surface area contributed by atoms with Crippen LogP contribution in [0.4, 0.5) is 4.39 Å². The molecule has 1 aromatic carbocycles. The molecule has 110 valence electrons. The summed E-state index contributed by atoms with van der Waals surface area (Å²) in [6.45, 7) is 1.82. The maximum absolute atomic E-state index is 13.2. The summed E-state index contributed by atoms with van der Waals surface area (Å²) in [5.41, 5.74) is 2.72. The maximum atomic E-state index is 13.2. The fourth-order valence-electron chi connectivity index (χ4n) is 1.91. The van der Waals surface area contributed by atoms with E-state index in [2.05, 4.69) is 10.3 Å². The average molecular weight is 288 g/mol. The van der Waals surface area contributed by atoms with E-state index in [4.69, 9.17) is 5.11 Å². The van der Waals surface area contributed by atoms with Crippen molar-refractivity contribution in [2.24, 2.45) is 0 Å². The highest BCUT2D eigenvalue weighted by molar-refractivity contribution is 5.78. The Hall–Kier alpha value is -2.27. The minimum atomic E-state index is -0.446. The van der Waals surface area contributed by atoms with Crippen LogP contribution in [0, 0.1) is 12.7 Å². The topological polar surface area (TPSA) is 62.2 Å². The zero-order chi connectivity index (χ0) is 15.2. The summed E-state index contributed by atoms with van der Waals surface area (Å²) in [5, 5.41) is 11.8. The predicted octanol–water partition coefficient (Wildman–Crippen LogP) is 1.88. The summed E-state index contributed by atoms with van der Waals surface area (Å²) in [6, 6.07) is 8.14. The van der Waals surface area contributed by atoms with Crippen molar-refractivity contribution >= 4 is 5.91 Å². The van der Waals surface area contributed by atoms with Gasteiger partial charge in [-0.3, -0.25) is 9.78 Å². The maximum Gasteiger partial charge on any atom is 0.224 e. The van der Waals surface area contributed by atoms with E-state index in [1.54, 1.807) is 18.3 Å². The molecule has 5 heteroatoms. The second kappa shape index (κ2) is 6.95. The highest BCUT2D eigenvalue weighted by atomic mass is 19.1. The largest absolute Gasteiger partial charge is 0.392 e. The number of aryl methyl sites for hydroxylation is 1. The van der Waals surface area contributed by atoms with Crippen LogP contribution in [-0.2, 0) is 24.4 Å². The highest BCUT2D eigenvalue weighted by Gasteiger charge is 2.06. The lowest BCUT2D eigenvalue weighted by molar-refractivity contribution is -0.120. The summed E-state index contributed by atoms with van der Waals surface area (Å²) in [7, 11) is 0. The summed E-state index contributed by atoms with van der Waals surface area (Å²) in [6.07, 6.45) is 1.93. The van der Waals surface area contributed by atoms with Gasteiger partial charge in [0, 0.05) is 24.0 Å². The molecule has 0 saturated carbocycles. The molecule has 21 heavy (non-hydrogen) atoms. The molecule has 0 atom stereocenters. The van der Waals surface area contributed by atoms with E-state index in [9.17, 15) is 9.18 Å². The molecular formula is C16H17FN2O2. The van der Waals surface area contributed by atoms with Crippen LogP contribution in [0.5, 0.6) is 0 Å². The first-order valence-corrected chi connectivity index (χ1v) is 6.65. The zero-order valence-corrected chi connectivity index (χ0v) is 11.8. The van der Waals surface area contributed by atoms with E-state index < -0.39 is 5.82 Å². The van der Waals surface area contributed by atoms with E-state index in [0.29, 0.717) is 6.54 Å². The monoisotopic (exact) mass is 288 g/mol. The number of halogens is 1. The fraction of sp³-hybridized carbons (Fsp3) is 0.250. The van der Waals surface area contributed by atoms with Crippen molar-refractivity contribution in [3.05, 3.63) is 64.7 Å². The molecule has 0 aliphatic rings. The first kappa shape index (κ1) is 15.1. The van der Waals surface area contributed by atoms with Crippen LogP contribution >= 0.6 is 0 Å². The lowest BCUT2D eigenvalue weighted by Crippen LogP contribution is -2.24. The van der Waals surface area contributed by atoms with Gasteiger partial charge in [-0.05, 0) is 36.2 Å². The molecule has 1 aromatic heterocycles. The Labute approximate surface area is 122 Å². The Balaban J connectivity index is 1.90. The van der Waals surface area contributed by atoms with Crippen molar-refractivity contribution in [3.63, 3.8) is 0 Å². The number of nitrogens with one attached hydrogen (secondary N) is 1. The molecule has 1 amide bonds. The molecule has 0 fully saturated rings.